The molecule has 0 amide bonds. The summed E-state index contributed by atoms with van der Waals surface area (Å²) in [4.78, 5) is 2.41. The zero-order valence-electron chi connectivity index (χ0n) is 10.7. The molecule has 1 fully saturated rings. The normalized spacial score (nSPS) is 17.6. The molecule has 4 heteroatoms. The lowest BCUT2D eigenvalue weighted by Crippen LogP contribution is -2.29. The van der Waals surface area contributed by atoms with Gasteiger partial charge in [0.15, 0.2) is 0 Å². The van der Waals surface area contributed by atoms with Gasteiger partial charge in [-0.25, -0.2) is 0 Å². The molecule has 1 aliphatic heterocycles. The minimum Gasteiger partial charge on any atom is -0.394 e. The molecule has 0 radical (unpaired) electrons. The highest BCUT2D eigenvalue weighted by atomic mass is 16.3. The number of nitrogens with zero attached hydrogens (tertiary/aromatic N) is 1. The van der Waals surface area contributed by atoms with Gasteiger partial charge in [-0.05, 0) is 43.5 Å². The molecule has 0 saturated carbocycles. The zero-order chi connectivity index (χ0) is 12.8. The van der Waals surface area contributed by atoms with Gasteiger partial charge >= 0.3 is 0 Å². The molecular formula is C14H22N2O2. The first kappa shape index (κ1) is 13.2. The Hall–Kier alpha value is -1.26. The van der Waals surface area contributed by atoms with E-state index in [1.807, 2.05) is 12.1 Å². The third-order valence-electron chi connectivity index (χ3n) is 3.34. The average Bonchev–Trinajstić information content (AvgIpc) is 2.46. The molecule has 1 saturated heterocycles. The van der Waals surface area contributed by atoms with E-state index in [0.717, 1.165) is 18.8 Å². The third-order valence-corrected chi connectivity index (χ3v) is 3.34. The highest BCUT2D eigenvalue weighted by Gasteiger charge is 2.10. The van der Waals surface area contributed by atoms with Gasteiger partial charge in [0.1, 0.15) is 0 Å². The highest BCUT2D eigenvalue weighted by molar-refractivity contribution is 5.55. The van der Waals surface area contributed by atoms with Crippen LogP contribution >= 0.6 is 0 Å². The van der Waals surface area contributed by atoms with Crippen molar-refractivity contribution in [2.24, 2.45) is 0 Å². The maximum absolute atomic E-state index is 9.26. The molecule has 0 spiro atoms. The molecule has 4 nitrogen and oxygen atoms in total. The fourth-order valence-corrected chi connectivity index (χ4v) is 2.24. The second kappa shape index (κ2) is 6.61. The van der Waals surface area contributed by atoms with E-state index in [4.69, 9.17) is 5.11 Å². The molecule has 0 aliphatic carbocycles. The van der Waals surface area contributed by atoms with Crippen molar-refractivity contribution in [1.29, 1.82) is 0 Å². The molecule has 0 bridgehead atoms. The summed E-state index contributed by atoms with van der Waals surface area (Å²) in [7, 11) is 0. The fourth-order valence-electron chi connectivity index (χ4n) is 2.24. The van der Waals surface area contributed by atoms with Crippen molar-refractivity contribution in [2.45, 2.75) is 25.4 Å². The van der Waals surface area contributed by atoms with Gasteiger partial charge in [0.25, 0.3) is 0 Å². The van der Waals surface area contributed by atoms with Crippen LogP contribution in [0.1, 0.15) is 19.3 Å². The lowest BCUT2D eigenvalue weighted by atomic mass is 10.1. The van der Waals surface area contributed by atoms with E-state index in [1.54, 1.807) is 0 Å². The Balaban J connectivity index is 1.88. The van der Waals surface area contributed by atoms with Crippen LogP contribution in [0, 0.1) is 0 Å². The van der Waals surface area contributed by atoms with E-state index < -0.39 is 6.10 Å². The van der Waals surface area contributed by atoms with E-state index in [0.29, 0.717) is 6.54 Å². The second-order valence-corrected chi connectivity index (χ2v) is 4.81. The van der Waals surface area contributed by atoms with Gasteiger partial charge in [0.05, 0.1) is 12.7 Å². The largest absolute Gasteiger partial charge is 0.394 e. The zero-order valence-corrected chi connectivity index (χ0v) is 10.7. The first-order chi connectivity index (χ1) is 8.79. The SMILES string of the molecule is OC[C@@H](O)CNc1ccc(N2CCCCC2)cc1. The first-order valence-electron chi connectivity index (χ1n) is 6.67. The van der Waals surface area contributed by atoms with Crippen molar-refractivity contribution >= 4 is 11.4 Å². The molecule has 1 heterocycles. The Kier molecular flexibility index (Phi) is 4.84. The molecular weight excluding hydrogens is 228 g/mol. The molecule has 0 aromatic heterocycles. The van der Waals surface area contributed by atoms with Gasteiger partial charge in [0.2, 0.25) is 0 Å². The van der Waals surface area contributed by atoms with E-state index in [-0.39, 0.29) is 6.61 Å². The average molecular weight is 250 g/mol. The second-order valence-electron chi connectivity index (χ2n) is 4.81. The molecule has 18 heavy (non-hydrogen) atoms. The summed E-state index contributed by atoms with van der Waals surface area (Å²) in [6, 6.07) is 8.26. The maximum Gasteiger partial charge on any atom is 0.0942 e. The van der Waals surface area contributed by atoms with Crippen molar-refractivity contribution in [1.82, 2.24) is 0 Å². The number of anilines is 2. The number of rotatable bonds is 5. The van der Waals surface area contributed by atoms with Crippen LogP contribution in [0.5, 0.6) is 0 Å². The molecule has 1 atom stereocenters. The summed E-state index contributed by atoms with van der Waals surface area (Å²) < 4.78 is 0. The van der Waals surface area contributed by atoms with Crippen molar-refractivity contribution in [2.75, 3.05) is 36.5 Å². The Morgan fingerprint density at radius 2 is 1.78 bits per heavy atom. The number of aliphatic hydroxyl groups is 2. The predicted molar refractivity (Wildman–Crippen MR) is 74.1 cm³/mol. The molecule has 100 valence electrons. The summed E-state index contributed by atoms with van der Waals surface area (Å²) >= 11 is 0. The van der Waals surface area contributed by atoms with Crippen LogP contribution in [-0.2, 0) is 0 Å². The number of aliphatic hydroxyl groups excluding tert-OH is 2. The molecule has 3 N–H and O–H groups in total. The van der Waals surface area contributed by atoms with Gasteiger partial charge in [-0.3, -0.25) is 0 Å². The predicted octanol–water partition coefficient (Wildman–Crippen LogP) is 1.44. The van der Waals surface area contributed by atoms with E-state index >= 15 is 0 Å². The van der Waals surface area contributed by atoms with Gasteiger partial charge < -0.3 is 20.4 Å². The fraction of sp³-hybridized carbons (Fsp3) is 0.571. The molecule has 1 aliphatic rings. The monoisotopic (exact) mass is 250 g/mol. The molecule has 2 rings (SSSR count). The van der Waals surface area contributed by atoms with Crippen LogP contribution < -0.4 is 10.2 Å². The van der Waals surface area contributed by atoms with Gasteiger partial charge in [0, 0.05) is 31.0 Å². The van der Waals surface area contributed by atoms with Crippen molar-refractivity contribution in [3.63, 3.8) is 0 Å². The van der Waals surface area contributed by atoms with Crippen LogP contribution in [0.3, 0.4) is 0 Å². The minimum absolute atomic E-state index is 0.209. The Morgan fingerprint density at radius 3 is 2.39 bits per heavy atom. The molecule has 0 unspecified atom stereocenters. The Morgan fingerprint density at radius 1 is 1.11 bits per heavy atom. The van der Waals surface area contributed by atoms with Crippen molar-refractivity contribution < 1.29 is 10.2 Å². The van der Waals surface area contributed by atoms with Gasteiger partial charge in [-0.15, -0.1) is 0 Å². The maximum atomic E-state index is 9.26. The third kappa shape index (κ3) is 3.62. The lowest BCUT2D eigenvalue weighted by molar-refractivity contribution is 0.105. The summed E-state index contributed by atoms with van der Waals surface area (Å²) in [5, 5.41) is 21.1. The van der Waals surface area contributed by atoms with Crippen LogP contribution in [0.2, 0.25) is 0 Å². The number of hydrogen-bond acceptors (Lipinski definition) is 4. The standard InChI is InChI=1S/C14H22N2O2/c17-11-14(18)10-15-12-4-6-13(7-5-12)16-8-2-1-3-9-16/h4-7,14-15,17-18H,1-3,8-11H2/t14-/m0/s1. The number of hydrogen-bond donors (Lipinski definition) is 3. The summed E-state index contributed by atoms with van der Waals surface area (Å²) in [6.07, 6.45) is 3.20. The summed E-state index contributed by atoms with van der Waals surface area (Å²) in [5.41, 5.74) is 2.24. The van der Waals surface area contributed by atoms with Crippen molar-refractivity contribution in [3.05, 3.63) is 24.3 Å². The van der Waals surface area contributed by atoms with E-state index in [9.17, 15) is 5.11 Å². The summed E-state index contributed by atoms with van der Waals surface area (Å²) in [6.45, 7) is 2.46. The Bertz CT molecular complexity index is 347. The Labute approximate surface area is 108 Å². The van der Waals surface area contributed by atoms with Gasteiger partial charge in [-0.2, -0.15) is 0 Å². The number of benzene rings is 1. The quantitative estimate of drug-likeness (QED) is 0.740. The van der Waals surface area contributed by atoms with E-state index in [1.165, 1.54) is 24.9 Å². The number of piperidine rings is 1. The topological polar surface area (TPSA) is 55.7 Å². The van der Waals surface area contributed by atoms with E-state index in [2.05, 4.69) is 22.3 Å². The molecule has 1 aromatic carbocycles. The first-order valence-corrected chi connectivity index (χ1v) is 6.67. The van der Waals surface area contributed by atoms with Crippen molar-refractivity contribution in [3.8, 4) is 0 Å². The van der Waals surface area contributed by atoms with Crippen LogP contribution in [-0.4, -0.2) is 42.6 Å². The van der Waals surface area contributed by atoms with Gasteiger partial charge in [-0.1, -0.05) is 0 Å². The smallest absolute Gasteiger partial charge is 0.0942 e. The van der Waals surface area contributed by atoms with Crippen LogP contribution in [0.25, 0.3) is 0 Å². The molecule has 1 aromatic rings. The van der Waals surface area contributed by atoms with Crippen LogP contribution in [0.4, 0.5) is 11.4 Å². The minimum atomic E-state index is -0.702. The lowest BCUT2D eigenvalue weighted by Gasteiger charge is -2.28. The summed E-state index contributed by atoms with van der Waals surface area (Å²) in [5.74, 6) is 0. The van der Waals surface area contributed by atoms with Crippen LogP contribution in [0.15, 0.2) is 24.3 Å². The number of nitrogens with one attached hydrogen (secondary N) is 1. The highest BCUT2D eigenvalue weighted by Crippen LogP contribution is 2.21.